The monoisotopic (exact) mass is 292 g/mol. The number of hydrogen-bond donors (Lipinski definition) is 0. The third kappa shape index (κ3) is 3.22. The van der Waals surface area contributed by atoms with E-state index in [0.717, 1.165) is 62.8 Å². The molecule has 2 saturated heterocycles. The molecular formula is C17H25FN2O. The zero-order valence-electron chi connectivity index (χ0n) is 13.1. The van der Waals surface area contributed by atoms with Crippen LogP contribution in [0, 0.1) is 5.82 Å². The maximum atomic E-state index is 14.6. The Balaban J connectivity index is 1.90. The summed E-state index contributed by atoms with van der Waals surface area (Å²) in [7, 11) is 0. The fourth-order valence-corrected chi connectivity index (χ4v) is 3.22. The van der Waals surface area contributed by atoms with Gasteiger partial charge in [-0.3, -0.25) is 4.90 Å². The smallest absolute Gasteiger partial charge is 0.129 e. The van der Waals surface area contributed by atoms with E-state index in [-0.39, 0.29) is 11.7 Å². The van der Waals surface area contributed by atoms with Crippen LogP contribution in [0.2, 0.25) is 0 Å². The first-order chi connectivity index (χ1) is 10.1. The van der Waals surface area contributed by atoms with Gasteiger partial charge in [0.2, 0.25) is 0 Å². The van der Waals surface area contributed by atoms with E-state index >= 15 is 0 Å². The number of nitrogens with zero attached hydrogens (tertiary/aromatic N) is 2. The number of benzene rings is 1. The van der Waals surface area contributed by atoms with Gasteiger partial charge in [-0.2, -0.15) is 0 Å². The Kier molecular flexibility index (Phi) is 4.45. The van der Waals surface area contributed by atoms with Gasteiger partial charge in [0.25, 0.3) is 0 Å². The van der Waals surface area contributed by atoms with Crippen LogP contribution in [0.15, 0.2) is 12.1 Å². The molecule has 0 aliphatic carbocycles. The van der Waals surface area contributed by atoms with Gasteiger partial charge in [-0.1, -0.05) is 13.8 Å². The highest BCUT2D eigenvalue weighted by Crippen LogP contribution is 2.30. The lowest BCUT2D eigenvalue weighted by Crippen LogP contribution is -2.38. The van der Waals surface area contributed by atoms with Crippen LogP contribution < -0.4 is 4.90 Å². The van der Waals surface area contributed by atoms with Gasteiger partial charge in [0.05, 0.1) is 13.2 Å². The van der Waals surface area contributed by atoms with E-state index in [2.05, 4.69) is 29.7 Å². The maximum Gasteiger partial charge on any atom is 0.129 e. The summed E-state index contributed by atoms with van der Waals surface area (Å²) in [6, 6.07) is 3.91. The van der Waals surface area contributed by atoms with Gasteiger partial charge in [-0.05, 0) is 48.7 Å². The minimum absolute atomic E-state index is 0.0514. The van der Waals surface area contributed by atoms with Crippen LogP contribution in [0.3, 0.4) is 0 Å². The zero-order valence-corrected chi connectivity index (χ0v) is 13.1. The van der Waals surface area contributed by atoms with Crippen molar-refractivity contribution in [1.82, 2.24) is 4.90 Å². The SMILES string of the molecule is CC(C)c1c(F)cc(N2CCOCC2)cc1CN1CCC1. The number of likely N-dealkylation sites (tertiary alicyclic amines) is 1. The number of anilines is 1. The highest BCUT2D eigenvalue weighted by molar-refractivity contribution is 5.53. The van der Waals surface area contributed by atoms with Crippen molar-refractivity contribution in [3.05, 3.63) is 29.1 Å². The first kappa shape index (κ1) is 14.8. The van der Waals surface area contributed by atoms with Gasteiger partial charge in [0, 0.05) is 25.3 Å². The van der Waals surface area contributed by atoms with Crippen molar-refractivity contribution in [3.8, 4) is 0 Å². The Hall–Kier alpha value is -1.13. The summed E-state index contributed by atoms with van der Waals surface area (Å²) in [4.78, 5) is 4.63. The summed E-state index contributed by atoms with van der Waals surface area (Å²) in [5.74, 6) is 0.171. The average molecular weight is 292 g/mol. The average Bonchev–Trinajstić information content (AvgIpc) is 2.43. The summed E-state index contributed by atoms with van der Waals surface area (Å²) >= 11 is 0. The molecule has 0 aromatic heterocycles. The number of ether oxygens (including phenoxy) is 1. The standard InChI is InChI=1S/C17H25FN2O/c1-13(2)17-14(12-19-4-3-5-19)10-15(11-16(17)18)20-6-8-21-9-7-20/h10-11,13H,3-9,12H2,1-2H3. The molecule has 3 nitrogen and oxygen atoms in total. The number of rotatable bonds is 4. The van der Waals surface area contributed by atoms with Crippen LogP contribution in [0.1, 0.15) is 37.3 Å². The van der Waals surface area contributed by atoms with Crippen molar-refractivity contribution in [2.75, 3.05) is 44.3 Å². The second kappa shape index (κ2) is 6.32. The van der Waals surface area contributed by atoms with Gasteiger partial charge < -0.3 is 9.64 Å². The fraction of sp³-hybridized carbons (Fsp3) is 0.647. The molecule has 0 atom stereocenters. The molecule has 1 aromatic carbocycles. The van der Waals surface area contributed by atoms with Crippen molar-refractivity contribution in [1.29, 1.82) is 0 Å². The quantitative estimate of drug-likeness (QED) is 0.848. The number of halogens is 1. The van der Waals surface area contributed by atoms with E-state index < -0.39 is 0 Å². The molecule has 4 heteroatoms. The second-order valence-corrected chi connectivity index (χ2v) is 6.38. The Morgan fingerprint density at radius 1 is 1.14 bits per heavy atom. The van der Waals surface area contributed by atoms with Crippen LogP contribution in [-0.2, 0) is 11.3 Å². The Labute approximate surface area is 126 Å². The van der Waals surface area contributed by atoms with Crippen LogP contribution in [0.4, 0.5) is 10.1 Å². The molecule has 0 radical (unpaired) electrons. The third-order valence-electron chi connectivity index (χ3n) is 4.50. The molecule has 116 valence electrons. The summed E-state index contributed by atoms with van der Waals surface area (Å²) in [5, 5.41) is 0. The first-order valence-corrected chi connectivity index (χ1v) is 8.02. The normalized spacial score (nSPS) is 19.9. The van der Waals surface area contributed by atoms with E-state index in [1.54, 1.807) is 6.07 Å². The lowest BCUT2D eigenvalue weighted by Gasteiger charge is -2.33. The Morgan fingerprint density at radius 3 is 2.43 bits per heavy atom. The Bertz CT molecular complexity index is 494. The fourth-order valence-electron chi connectivity index (χ4n) is 3.22. The van der Waals surface area contributed by atoms with Crippen molar-refractivity contribution in [2.24, 2.45) is 0 Å². The maximum absolute atomic E-state index is 14.6. The lowest BCUT2D eigenvalue weighted by molar-refractivity contribution is 0.122. The number of morpholine rings is 1. The van der Waals surface area contributed by atoms with E-state index in [1.807, 2.05) is 0 Å². The lowest BCUT2D eigenvalue weighted by atomic mass is 9.94. The Morgan fingerprint density at radius 2 is 1.86 bits per heavy atom. The highest BCUT2D eigenvalue weighted by Gasteiger charge is 2.21. The van der Waals surface area contributed by atoms with Crippen molar-refractivity contribution in [2.45, 2.75) is 32.7 Å². The molecule has 0 N–H and O–H groups in total. The van der Waals surface area contributed by atoms with Gasteiger partial charge in [-0.25, -0.2) is 4.39 Å². The number of hydrogen-bond acceptors (Lipinski definition) is 3. The summed E-state index contributed by atoms with van der Waals surface area (Å²) < 4.78 is 20.0. The molecule has 0 bridgehead atoms. The topological polar surface area (TPSA) is 15.7 Å². The van der Waals surface area contributed by atoms with Gasteiger partial charge in [-0.15, -0.1) is 0 Å². The zero-order chi connectivity index (χ0) is 14.8. The molecular weight excluding hydrogens is 267 g/mol. The molecule has 2 fully saturated rings. The molecule has 2 heterocycles. The minimum atomic E-state index is -0.0514. The van der Waals surface area contributed by atoms with Crippen molar-refractivity contribution in [3.63, 3.8) is 0 Å². The predicted molar refractivity (Wildman–Crippen MR) is 83.4 cm³/mol. The van der Waals surface area contributed by atoms with E-state index in [9.17, 15) is 4.39 Å². The van der Waals surface area contributed by atoms with Crippen LogP contribution in [0.5, 0.6) is 0 Å². The van der Waals surface area contributed by atoms with E-state index in [1.165, 1.54) is 6.42 Å². The first-order valence-electron chi connectivity index (χ1n) is 8.02. The molecule has 3 rings (SSSR count). The summed E-state index contributed by atoms with van der Waals surface area (Å²) in [6.07, 6.45) is 1.27. The highest BCUT2D eigenvalue weighted by atomic mass is 19.1. The van der Waals surface area contributed by atoms with Gasteiger partial charge in [0.15, 0.2) is 0 Å². The van der Waals surface area contributed by atoms with Crippen LogP contribution >= 0.6 is 0 Å². The van der Waals surface area contributed by atoms with Gasteiger partial charge in [0.1, 0.15) is 5.82 Å². The molecule has 0 saturated carbocycles. The molecule has 0 amide bonds. The van der Waals surface area contributed by atoms with E-state index in [4.69, 9.17) is 4.74 Å². The molecule has 0 unspecified atom stereocenters. The van der Waals surface area contributed by atoms with Crippen molar-refractivity contribution >= 4 is 5.69 Å². The predicted octanol–water partition coefficient (Wildman–Crippen LogP) is 2.99. The van der Waals surface area contributed by atoms with Crippen LogP contribution in [-0.4, -0.2) is 44.3 Å². The summed E-state index contributed by atoms with van der Waals surface area (Å²) in [5.41, 5.74) is 3.06. The molecule has 21 heavy (non-hydrogen) atoms. The largest absolute Gasteiger partial charge is 0.378 e. The van der Waals surface area contributed by atoms with Crippen molar-refractivity contribution < 1.29 is 9.13 Å². The molecule has 0 spiro atoms. The minimum Gasteiger partial charge on any atom is -0.378 e. The van der Waals surface area contributed by atoms with Crippen LogP contribution in [0.25, 0.3) is 0 Å². The summed E-state index contributed by atoms with van der Waals surface area (Å²) in [6.45, 7) is 10.5. The molecule has 2 aliphatic rings. The molecule has 2 aliphatic heterocycles. The molecule has 1 aromatic rings. The van der Waals surface area contributed by atoms with Gasteiger partial charge >= 0.3 is 0 Å². The third-order valence-corrected chi connectivity index (χ3v) is 4.50. The second-order valence-electron chi connectivity index (χ2n) is 6.38. The van der Waals surface area contributed by atoms with E-state index in [0.29, 0.717) is 0 Å².